The number of aromatic nitrogens is 1. The lowest BCUT2D eigenvalue weighted by atomic mass is 9.67. The van der Waals surface area contributed by atoms with Crippen LogP contribution in [0.4, 0.5) is 5.69 Å². The Balaban J connectivity index is 1.71. The van der Waals surface area contributed by atoms with Crippen molar-refractivity contribution in [1.82, 2.24) is 4.98 Å². The fourth-order valence-corrected chi connectivity index (χ4v) is 4.42. The van der Waals surface area contributed by atoms with Gasteiger partial charge in [0.05, 0.1) is 23.2 Å². The minimum atomic E-state index is -0.528. The van der Waals surface area contributed by atoms with Crippen molar-refractivity contribution in [2.24, 2.45) is 11.3 Å². The first-order chi connectivity index (χ1) is 14.6. The predicted octanol–water partition coefficient (Wildman–Crippen LogP) is 5.52. The molecule has 1 aromatic carbocycles. The van der Waals surface area contributed by atoms with Crippen LogP contribution in [0.25, 0.3) is 0 Å². The molecule has 1 fully saturated rings. The molecule has 3 rings (SSSR count). The molecule has 1 amide bonds. The lowest BCUT2D eigenvalue weighted by Crippen LogP contribution is -2.41. The molecule has 1 N–H and O–H groups in total. The number of anilines is 1. The van der Waals surface area contributed by atoms with E-state index < -0.39 is 5.41 Å². The maximum atomic E-state index is 13.3. The smallest absolute Gasteiger partial charge is 0.309 e. The largest absolute Gasteiger partial charge is 0.461 e. The summed E-state index contributed by atoms with van der Waals surface area (Å²) < 4.78 is 5.65. The molecule has 5 heteroatoms. The lowest BCUT2D eigenvalue weighted by molar-refractivity contribution is -0.152. The quantitative estimate of drug-likeness (QED) is 0.555. The number of nitrogens with one attached hydrogen (secondary N) is 1. The highest BCUT2D eigenvalue weighted by atomic mass is 16.5. The maximum Gasteiger partial charge on any atom is 0.309 e. The fourth-order valence-electron chi connectivity index (χ4n) is 4.42. The molecular weight excluding hydrogens is 376 g/mol. The number of esters is 1. The third kappa shape index (κ3) is 5.91. The lowest BCUT2D eigenvalue weighted by Gasteiger charge is -2.38. The zero-order valence-corrected chi connectivity index (χ0v) is 17.8. The molecule has 1 unspecified atom stereocenters. The van der Waals surface area contributed by atoms with E-state index in [1.165, 1.54) is 0 Å². The highest BCUT2D eigenvalue weighted by Gasteiger charge is 2.43. The van der Waals surface area contributed by atoms with Crippen molar-refractivity contribution in [2.75, 3.05) is 5.32 Å². The molecule has 30 heavy (non-hydrogen) atoms. The molecule has 1 aromatic heterocycles. The van der Waals surface area contributed by atoms with Crippen LogP contribution >= 0.6 is 0 Å². The SMILES string of the molecule is CCCC(CC1(C(=O)Nc2cccnc2)CCCCC1)C(=O)OCc1ccccc1. The second-order valence-electron chi connectivity index (χ2n) is 8.32. The summed E-state index contributed by atoms with van der Waals surface area (Å²) in [6.45, 7) is 2.34. The van der Waals surface area contributed by atoms with Crippen LogP contribution in [0.5, 0.6) is 0 Å². The van der Waals surface area contributed by atoms with Crippen LogP contribution in [-0.2, 0) is 20.9 Å². The monoisotopic (exact) mass is 408 g/mol. The summed E-state index contributed by atoms with van der Waals surface area (Å²) >= 11 is 0. The first-order valence-corrected chi connectivity index (χ1v) is 11.0. The average molecular weight is 409 g/mol. The number of pyridine rings is 1. The molecule has 1 saturated carbocycles. The summed E-state index contributed by atoms with van der Waals surface area (Å²) in [4.78, 5) is 30.4. The van der Waals surface area contributed by atoms with Gasteiger partial charge in [-0.1, -0.05) is 62.9 Å². The third-order valence-electron chi connectivity index (χ3n) is 6.04. The van der Waals surface area contributed by atoms with Gasteiger partial charge in [0.2, 0.25) is 5.91 Å². The van der Waals surface area contributed by atoms with Gasteiger partial charge in [-0.05, 0) is 43.4 Å². The molecule has 1 heterocycles. The Bertz CT molecular complexity index is 802. The molecule has 0 spiro atoms. The summed E-state index contributed by atoms with van der Waals surface area (Å²) in [5.41, 5.74) is 1.15. The summed E-state index contributed by atoms with van der Waals surface area (Å²) in [5, 5.41) is 3.04. The molecule has 0 radical (unpaired) electrons. The van der Waals surface area contributed by atoms with Crippen molar-refractivity contribution in [3.63, 3.8) is 0 Å². The number of rotatable bonds is 9. The summed E-state index contributed by atoms with van der Waals surface area (Å²) in [6.07, 6.45) is 10.3. The highest BCUT2D eigenvalue weighted by Crippen LogP contribution is 2.43. The van der Waals surface area contributed by atoms with Gasteiger partial charge in [0.1, 0.15) is 6.61 Å². The third-order valence-corrected chi connectivity index (χ3v) is 6.04. The van der Waals surface area contributed by atoms with E-state index >= 15 is 0 Å². The van der Waals surface area contributed by atoms with Crippen LogP contribution in [0.1, 0.15) is 63.9 Å². The number of hydrogen-bond acceptors (Lipinski definition) is 4. The first kappa shape index (κ1) is 22.0. The fraction of sp³-hybridized carbons (Fsp3) is 0.480. The topological polar surface area (TPSA) is 68.3 Å². The molecule has 1 atom stereocenters. The number of carbonyl (C=O) groups excluding carboxylic acids is 2. The van der Waals surface area contributed by atoms with Gasteiger partial charge in [-0.3, -0.25) is 14.6 Å². The van der Waals surface area contributed by atoms with Crippen LogP contribution in [0.3, 0.4) is 0 Å². The Labute approximate surface area is 179 Å². The van der Waals surface area contributed by atoms with Gasteiger partial charge in [-0.15, -0.1) is 0 Å². The minimum Gasteiger partial charge on any atom is -0.461 e. The van der Waals surface area contributed by atoms with E-state index in [9.17, 15) is 9.59 Å². The van der Waals surface area contributed by atoms with Crippen molar-refractivity contribution >= 4 is 17.6 Å². The summed E-state index contributed by atoms with van der Waals surface area (Å²) in [7, 11) is 0. The van der Waals surface area contributed by atoms with E-state index in [4.69, 9.17) is 4.74 Å². The Kier molecular flexibility index (Phi) is 8.00. The number of hydrogen-bond donors (Lipinski definition) is 1. The van der Waals surface area contributed by atoms with Gasteiger partial charge in [-0.25, -0.2) is 0 Å². The Morgan fingerprint density at radius 2 is 1.87 bits per heavy atom. The van der Waals surface area contributed by atoms with E-state index in [0.29, 0.717) is 12.1 Å². The highest BCUT2D eigenvalue weighted by molar-refractivity contribution is 5.95. The Morgan fingerprint density at radius 3 is 2.53 bits per heavy atom. The molecule has 0 bridgehead atoms. The van der Waals surface area contributed by atoms with Crippen molar-refractivity contribution in [2.45, 2.75) is 64.9 Å². The zero-order chi connectivity index (χ0) is 21.2. The maximum absolute atomic E-state index is 13.3. The van der Waals surface area contributed by atoms with Crippen LogP contribution in [-0.4, -0.2) is 16.9 Å². The van der Waals surface area contributed by atoms with E-state index in [0.717, 1.165) is 50.5 Å². The van der Waals surface area contributed by atoms with Crippen LogP contribution < -0.4 is 5.32 Å². The van der Waals surface area contributed by atoms with E-state index in [-0.39, 0.29) is 24.4 Å². The Hall–Kier alpha value is -2.69. The molecular formula is C25H32N2O3. The minimum absolute atomic E-state index is 0.00663. The van der Waals surface area contributed by atoms with Crippen molar-refractivity contribution in [3.05, 3.63) is 60.4 Å². The predicted molar refractivity (Wildman–Crippen MR) is 118 cm³/mol. The van der Waals surface area contributed by atoms with Crippen molar-refractivity contribution in [3.8, 4) is 0 Å². The van der Waals surface area contributed by atoms with Crippen LogP contribution in [0.2, 0.25) is 0 Å². The average Bonchev–Trinajstić information content (AvgIpc) is 2.79. The molecule has 5 nitrogen and oxygen atoms in total. The van der Waals surface area contributed by atoms with Crippen LogP contribution in [0, 0.1) is 11.3 Å². The molecule has 0 aliphatic heterocycles. The van der Waals surface area contributed by atoms with Crippen LogP contribution in [0.15, 0.2) is 54.9 Å². The normalized spacial score (nSPS) is 16.4. The molecule has 2 aromatic rings. The number of ether oxygens (including phenoxy) is 1. The summed E-state index contributed by atoms with van der Waals surface area (Å²) in [6, 6.07) is 13.4. The number of benzene rings is 1. The van der Waals surface area contributed by atoms with E-state index in [2.05, 4.69) is 17.2 Å². The standard InChI is InChI=1S/C25H32N2O3/c1-2-10-21(23(28)30-19-20-11-5-3-6-12-20)17-25(14-7-4-8-15-25)24(29)27-22-13-9-16-26-18-22/h3,5-6,9,11-13,16,18,21H,2,4,7-8,10,14-15,17,19H2,1H3,(H,27,29). The van der Waals surface area contributed by atoms with Gasteiger partial charge < -0.3 is 10.1 Å². The second kappa shape index (κ2) is 10.9. The van der Waals surface area contributed by atoms with Gasteiger partial charge in [0.25, 0.3) is 0 Å². The van der Waals surface area contributed by atoms with E-state index in [1.54, 1.807) is 12.4 Å². The summed E-state index contributed by atoms with van der Waals surface area (Å²) in [5.74, 6) is -0.455. The van der Waals surface area contributed by atoms with Gasteiger partial charge in [0, 0.05) is 6.20 Å². The number of carbonyl (C=O) groups is 2. The molecule has 160 valence electrons. The Morgan fingerprint density at radius 1 is 1.10 bits per heavy atom. The molecule has 1 aliphatic carbocycles. The molecule has 1 aliphatic rings. The molecule has 0 saturated heterocycles. The van der Waals surface area contributed by atoms with Crippen molar-refractivity contribution < 1.29 is 14.3 Å². The number of nitrogens with zero attached hydrogens (tertiary/aromatic N) is 1. The zero-order valence-electron chi connectivity index (χ0n) is 17.8. The van der Waals surface area contributed by atoms with E-state index in [1.807, 2.05) is 42.5 Å². The second-order valence-corrected chi connectivity index (χ2v) is 8.32. The first-order valence-electron chi connectivity index (χ1n) is 11.0. The van der Waals surface area contributed by atoms with Crippen molar-refractivity contribution in [1.29, 1.82) is 0 Å². The van der Waals surface area contributed by atoms with Gasteiger partial charge in [-0.2, -0.15) is 0 Å². The van der Waals surface area contributed by atoms with Gasteiger partial charge >= 0.3 is 5.97 Å². The number of amides is 1. The van der Waals surface area contributed by atoms with Gasteiger partial charge in [0.15, 0.2) is 0 Å².